The van der Waals surface area contributed by atoms with Crippen molar-refractivity contribution in [1.29, 1.82) is 0 Å². The van der Waals surface area contributed by atoms with Gasteiger partial charge in [-0.25, -0.2) is 9.18 Å². The Kier molecular flexibility index (Phi) is 4.08. The molecule has 1 aliphatic carbocycles. The Balaban J connectivity index is 2.08. The van der Waals surface area contributed by atoms with Crippen LogP contribution in [0.25, 0.3) is 0 Å². The van der Waals surface area contributed by atoms with E-state index in [1.807, 2.05) is 0 Å². The molecule has 0 atom stereocenters. The Hall–Kier alpha value is -1.58. The first-order valence-corrected chi connectivity index (χ1v) is 6.77. The Bertz CT molecular complexity index is 467. The molecule has 0 saturated heterocycles. The second-order valence-electron chi connectivity index (χ2n) is 5.72. The van der Waals surface area contributed by atoms with Crippen LogP contribution in [0.4, 0.5) is 10.1 Å². The summed E-state index contributed by atoms with van der Waals surface area (Å²) in [7, 11) is 0. The standard InChI is InChI=1S/C15H20FNO2/c1-15(7-3-2-4-8-15)10-17-13-6-5-11(16)9-12(13)14(18)19/h5-6,9,17H,2-4,7-8,10H2,1H3,(H,18,19). The molecule has 4 heteroatoms. The summed E-state index contributed by atoms with van der Waals surface area (Å²) in [5.74, 6) is -1.62. The lowest BCUT2D eigenvalue weighted by atomic mass is 9.75. The van der Waals surface area contributed by atoms with Crippen LogP contribution in [0.2, 0.25) is 0 Å². The molecule has 1 fully saturated rings. The third kappa shape index (κ3) is 3.46. The summed E-state index contributed by atoms with van der Waals surface area (Å²) < 4.78 is 13.1. The third-order valence-electron chi connectivity index (χ3n) is 3.98. The van der Waals surface area contributed by atoms with E-state index in [4.69, 9.17) is 5.11 Å². The normalized spacial score (nSPS) is 18.0. The van der Waals surface area contributed by atoms with E-state index in [1.54, 1.807) is 0 Å². The molecule has 0 unspecified atom stereocenters. The summed E-state index contributed by atoms with van der Waals surface area (Å²) >= 11 is 0. The quantitative estimate of drug-likeness (QED) is 0.867. The fourth-order valence-corrected chi connectivity index (χ4v) is 2.74. The summed E-state index contributed by atoms with van der Waals surface area (Å²) in [5, 5.41) is 12.3. The molecular formula is C15H20FNO2. The first-order chi connectivity index (χ1) is 9.00. The lowest BCUT2D eigenvalue weighted by molar-refractivity contribution is 0.0697. The molecule has 1 aliphatic rings. The fraction of sp³-hybridized carbons (Fsp3) is 0.533. The van der Waals surface area contributed by atoms with Gasteiger partial charge >= 0.3 is 5.97 Å². The number of nitrogens with one attached hydrogen (secondary N) is 1. The average Bonchev–Trinajstić information content (AvgIpc) is 2.38. The highest BCUT2D eigenvalue weighted by molar-refractivity contribution is 5.94. The highest BCUT2D eigenvalue weighted by atomic mass is 19.1. The SMILES string of the molecule is CC1(CNc2ccc(F)cc2C(=O)O)CCCCC1. The van der Waals surface area contributed by atoms with Gasteiger partial charge in [0, 0.05) is 12.2 Å². The van der Waals surface area contributed by atoms with Gasteiger partial charge in [-0.1, -0.05) is 26.2 Å². The number of aromatic carboxylic acids is 1. The second kappa shape index (κ2) is 5.59. The largest absolute Gasteiger partial charge is 0.478 e. The maximum atomic E-state index is 13.1. The Morgan fingerprint density at radius 3 is 2.68 bits per heavy atom. The van der Waals surface area contributed by atoms with Crippen molar-refractivity contribution >= 4 is 11.7 Å². The number of carboxylic acids is 1. The summed E-state index contributed by atoms with van der Waals surface area (Å²) in [6, 6.07) is 3.86. The first kappa shape index (κ1) is 13.8. The van der Waals surface area contributed by atoms with Gasteiger partial charge in [0.25, 0.3) is 0 Å². The Morgan fingerprint density at radius 2 is 2.05 bits per heavy atom. The summed E-state index contributed by atoms with van der Waals surface area (Å²) in [6.07, 6.45) is 6.06. The molecule has 3 nitrogen and oxygen atoms in total. The third-order valence-corrected chi connectivity index (χ3v) is 3.98. The maximum absolute atomic E-state index is 13.1. The highest BCUT2D eigenvalue weighted by Crippen LogP contribution is 2.36. The van der Waals surface area contributed by atoms with Crippen molar-refractivity contribution in [2.24, 2.45) is 5.41 Å². The van der Waals surface area contributed by atoms with Crippen molar-refractivity contribution in [3.8, 4) is 0 Å². The van der Waals surface area contributed by atoms with Crippen LogP contribution < -0.4 is 5.32 Å². The van der Waals surface area contributed by atoms with Crippen LogP contribution in [-0.4, -0.2) is 17.6 Å². The summed E-state index contributed by atoms with van der Waals surface area (Å²) in [5.41, 5.74) is 0.711. The van der Waals surface area contributed by atoms with Gasteiger partial charge in [0.1, 0.15) is 5.82 Å². The number of anilines is 1. The van der Waals surface area contributed by atoms with Crippen molar-refractivity contribution in [2.75, 3.05) is 11.9 Å². The van der Waals surface area contributed by atoms with Crippen LogP contribution in [0.5, 0.6) is 0 Å². The molecular weight excluding hydrogens is 245 g/mol. The predicted molar refractivity (Wildman–Crippen MR) is 73.0 cm³/mol. The van der Waals surface area contributed by atoms with Gasteiger partial charge in [0.2, 0.25) is 0 Å². The molecule has 104 valence electrons. The van der Waals surface area contributed by atoms with Crippen molar-refractivity contribution in [3.63, 3.8) is 0 Å². The minimum absolute atomic E-state index is 0.000547. The topological polar surface area (TPSA) is 49.3 Å². The molecule has 0 aromatic heterocycles. The number of carbonyl (C=O) groups is 1. The zero-order chi connectivity index (χ0) is 13.9. The minimum atomic E-state index is -1.10. The van der Waals surface area contributed by atoms with E-state index in [9.17, 15) is 9.18 Å². The van der Waals surface area contributed by atoms with Crippen LogP contribution in [0, 0.1) is 11.2 Å². The van der Waals surface area contributed by atoms with Gasteiger partial charge in [-0.15, -0.1) is 0 Å². The predicted octanol–water partition coefficient (Wildman–Crippen LogP) is 3.91. The van der Waals surface area contributed by atoms with Crippen LogP contribution in [0.1, 0.15) is 49.4 Å². The molecule has 0 radical (unpaired) electrons. The molecule has 0 bridgehead atoms. The van der Waals surface area contributed by atoms with Crippen LogP contribution in [0.15, 0.2) is 18.2 Å². The van der Waals surface area contributed by atoms with Gasteiger partial charge in [-0.05, 0) is 36.5 Å². The lowest BCUT2D eigenvalue weighted by Crippen LogP contribution is -2.29. The van der Waals surface area contributed by atoms with E-state index >= 15 is 0 Å². The number of rotatable bonds is 4. The monoisotopic (exact) mass is 265 g/mol. The van der Waals surface area contributed by atoms with E-state index < -0.39 is 11.8 Å². The second-order valence-corrected chi connectivity index (χ2v) is 5.72. The van der Waals surface area contributed by atoms with E-state index in [0.717, 1.165) is 25.5 Å². The fourth-order valence-electron chi connectivity index (χ4n) is 2.74. The van der Waals surface area contributed by atoms with Crippen molar-refractivity contribution in [1.82, 2.24) is 0 Å². The number of hydrogen-bond acceptors (Lipinski definition) is 2. The molecule has 1 aromatic carbocycles. The van der Waals surface area contributed by atoms with Gasteiger partial charge in [0.15, 0.2) is 0 Å². The molecule has 2 N–H and O–H groups in total. The zero-order valence-corrected chi connectivity index (χ0v) is 11.2. The van der Waals surface area contributed by atoms with Crippen molar-refractivity contribution < 1.29 is 14.3 Å². The maximum Gasteiger partial charge on any atom is 0.337 e. The average molecular weight is 265 g/mol. The minimum Gasteiger partial charge on any atom is -0.478 e. The van der Waals surface area contributed by atoms with E-state index in [2.05, 4.69) is 12.2 Å². The molecule has 19 heavy (non-hydrogen) atoms. The number of benzene rings is 1. The molecule has 1 aromatic rings. The smallest absolute Gasteiger partial charge is 0.337 e. The molecule has 0 spiro atoms. The van der Waals surface area contributed by atoms with Crippen LogP contribution in [0.3, 0.4) is 0 Å². The molecule has 0 heterocycles. The van der Waals surface area contributed by atoms with Gasteiger partial charge < -0.3 is 10.4 Å². The van der Waals surface area contributed by atoms with E-state index in [1.165, 1.54) is 31.4 Å². The highest BCUT2D eigenvalue weighted by Gasteiger charge is 2.26. The number of carboxylic acid groups (broad SMARTS) is 1. The number of halogens is 1. The van der Waals surface area contributed by atoms with Gasteiger partial charge in [0.05, 0.1) is 5.56 Å². The molecule has 2 rings (SSSR count). The molecule has 1 saturated carbocycles. The van der Waals surface area contributed by atoms with Crippen LogP contribution >= 0.6 is 0 Å². The Morgan fingerprint density at radius 1 is 1.37 bits per heavy atom. The van der Waals surface area contributed by atoms with Crippen molar-refractivity contribution in [3.05, 3.63) is 29.6 Å². The molecule has 0 aliphatic heterocycles. The first-order valence-electron chi connectivity index (χ1n) is 6.77. The van der Waals surface area contributed by atoms with E-state index in [-0.39, 0.29) is 11.0 Å². The number of hydrogen-bond donors (Lipinski definition) is 2. The molecule has 0 amide bonds. The van der Waals surface area contributed by atoms with E-state index in [0.29, 0.717) is 5.69 Å². The Labute approximate surface area is 112 Å². The van der Waals surface area contributed by atoms with Gasteiger partial charge in [-0.3, -0.25) is 0 Å². The van der Waals surface area contributed by atoms with Crippen LogP contribution in [-0.2, 0) is 0 Å². The lowest BCUT2D eigenvalue weighted by Gasteiger charge is -2.34. The summed E-state index contributed by atoms with van der Waals surface area (Å²) in [4.78, 5) is 11.1. The van der Waals surface area contributed by atoms with Crippen molar-refractivity contribution in [2.45, 2.75) is 39.0 Å². The van der Waals surface area contributed by atoms with Gasteiger partial charge in [-0.2, -0.15) is 0 Å². The zero-order valence-electron chi connectivity index (χ0n) is 11.2. The summed E-state index contributed by atoms with van der Waals surface area (Å²) in [6.45, 7) is 2.96.